The Bertz CT molecular complexity index is 1170. The minimum Gasteiger partial charge on any atom is -0.337 e. The van der Waals surface area contributed by atoms with E-state index in [1.807, 2.05) is 65.6 Å². The first-order chi connectivity index (χ1) is 16.2. The van der Waals surface area contributed by atoms with Crippen LogP contribution in [0.1, 0.15) is 48.2 Å². The highest BCUT2D eigenvalue weighted by atomic mass is 19.1. The van der Waals surface area contributed by atoms with Crippen molar-refractivity contribution in [1.82, 2.24) is 15.0 Å². The summed E-state index contributed by atoms with van der Waals surface area (Å²) in [4.78, 5) is 20.5. The molecule has 6 heteroatoms. The molecular weight excluding hydrogens is 417 g/mol. The second-order valence-corrected chi connectivity index (χ2v) is 8.26. The van der Waals surface area contributed by atoms with Gasteiger partial charge in [-0.1, -0.05) is 65.8 Å². The van der Waals surface area contributed by atoms with Crippen LogP contribution in [0.25, 0.3) is 11.4 Å². The van der Waals surface area contributed by atoms with Crippen LogP contribution in [-0.2, 0) is 4.79 Å². The first kappa shape index (κ1) is 21.1. The molecule has 1 aliphatic rings. The fourth-order valence-electron chi connectivity index (χ4n) is 4.47. The smallest absolute Gasteiger partial charge is 0.249 e. The lowest BCUT2D eigenvalue weighted by atomic mass is 9.88. The van der Waals surface area contributed by atoms with Crippen molar-refractivity contribution in [1.29, 1.82) is 0 Å². The number of hydrogen-bond donors (Lipinski definition) is 0. The molecule has 0 radical (unpaired) electrons. The van der Waals surface area contributed by atoms with Crippen molar-refractivity contribution in [3.8, 4) is 11.4 Å². The monoisotopic (exact) mass is 441 g/mol. The number of nitrogens with zero attached hydrogens (tertiary/aromatic N) is 3. The fraction of sp³-hybridized carbons (Fsp3) is 0.222. The predicted molar refractivity (Wildman–Crippen MR) is 123 cm³/mol. The van der Waals surface area contributed by atoms with Crippen LogP contribution in [0.5, 0.6) is 0 Å². The number of carbonyl (C=O) groups excluding carboxylic acids is 1. The lowest BCUT2D eigenvalue weighted by molar-refractivity contribution is -0.136. The Labute approximate surface area is 191 Å². The average molecular weight is 442 g/mol. The van der Waals surface area contributed by atoms with Gasteiger partial charge in [0.2, 0.25) is 17.6 Å². The van der Waals surface area contributed by atoms with Gasteiger partial charge >= 0.3 is 0 Å². The lowest BCUT2D eigenvalue weighted by Gasteiger charge is -2.36. The Balaban J connectivity index is 1.47. The molecule has 0 N–H and O–H groups in total. The summed E-state index contributed by atoms with van der Waals surface area (Å²) in [7, 11) is 0. The Morgan fingerprint density at radius 2 is 1.55 bits per heavy atom. The molecule has 1 aromatic heterocycles. The molecule has 5 nitrogen and oxygen atoms in total. The molecule has 1 aliphatic heterocycles. The molecule has 3 aromatic carbocycles. The molecule has 0 bridgehead atoms. The maximum Gasteiger partial charge on any atom is 0.249 e. The Morgan fingerprint density at radius 1 is 0.909 bits per heavy atom. The molecule has 1 unspecified atom stereocenters. The van der Waals surface area contributed by atoms with Gasteiger partial charge in [0, 0.05) is 12.1 Å². The van der Waals surface area contributed by atoms with Crippen molar-refractivity contribution in [3.63, 3.8) is 0 Å². The standard InChI is InChI=1S/C27H24FN3O2/c28-22-16-14-21(15-17-22)25-29-26(33-30-25)23-13-7-8-18-31(23)27(32)24(19-9-3-1-4-10-19)20-11-5-2-6-12-20/h1-6,9-12,14-17,23-24H,7-8,13,18H2. The topological polar surface area (TPSA) is 59.2 Å². The third kappa shape index (κ3) is 4.42. The van der Waals surface area contributed by atoms with Crippen molar-refractivity contribution in [2.45, 2.75) is 31.2 Å². The van der Waals surface area contributed by atoms with Crippen molar-refractivity contribution in [2.24, 2.45) is 0 Å². The normalized spacial score (nSPS) is 16.2. The number of halogens is 1. The van der Waals surface area contributed by atoms with E-state index in [1.54, 1.807) is 12.1 Å². The highest BCUT2D eigenvalue weighted by Gasteiger charge is 2.36. The third-order valence-electron chi connectivity index (χ3n) is 6.13. The molecule has 4 aromatic rings. The molecule has 0 aliphatic carbocycles. The summed E-state index contributed by atoms with van der Waals surface area (Å²) in [6, 6.07) is 25.4. The van der Waals surface area contributed by atoms with Gasteiger partial charge in [0.15, 0.2) is 0 Å². The van der Waals surface area contributed by atoms with Crippen molar-refractivity contribution in [3.05, 3.63) is 108 Å². The number of carbonyl (C=O) groups is 1. The van der Waals surface area contributed by atoms with Crippen LogP contribution in [0.2, 0.25) is 0 Å². The van der Waals surface area contributed by atoms with Crippen molar-refractivity contribution >= 4 is 5.91 Å². The van der Waals surface area contributed by atoms with Crippen molar-refractivity contribution in [2.75, 3.05) is 6.54 Å². The molecule has 1 amide bonds. The quantitative estimate of drug-likeness (QED) is 0.395. The van der Waals surface area contributed by atoms with Crippen LogP contribution < -0.4 is 0 Å². The summed E-state index contributed by atoms with van der Waals surface area (Å²) in [6.07, 6.45) is 2.66. The van der Waals surface area contributed by atoms with Crippen LogP contribution in [0.4, 0.5) is 4.39 Å². The van der Waals surface area contributed by atoms with Gasteiger partial charge in [-0.3, -0.25) is 4.79 Å². The average Bonchev–Trinajstić information content (AvgIpc) is 3.36. The summed E-state index contributed by atoms with van der Waals surface area (Å²) in [5, 5.41) is 4.10. The SMILES string of the molecule is O=C(C(c1ccccc1)c1ccccc1)N1CCCCC1c1nc(-c2ccc(F)cc2)no1. The van der Waals surface area contributed by atoms with Gasteiger partial charge < -0.3 is 9.42 Å². The van der Waals surface area contributed by atoms with E-state index < -0.39 is 5.92 Å². The molecule has 0 spiro atoms. The minimum atomic E-state index is -0.410. The van der Waals surface area contributed by atoms with Gasteiger partial charge in [-0.05, 0) is 54.7 Å². The minimum absolute atomic E-state index is 0.0265. The summed E-state index contributed by atoms with van der Waals surface area (Å²) in [5.74, 6) is 0.110. The summed E-state index contributed by atoms with van der Waals surface area (Å²) >= 11 is 0. The molecule has 2 heterocycles. The van der Waals surface area contributed by atoms with Gasteiger partial charge in [0.25, 0.3) is 0 Å². The van der Waals surface area contributed by atoms with E-state index in [0.29, 0.717) is 23.8 Å². The third-order valence-corrected chi connectivity index (χ3v) is 6.13. The predicted octanol–water partition coefficient (Wildman–Crippen LogP) is 5.76. The molecular formula is C27H24FN3O2. The molecule has 5 rings (SSSR count). The van der Waals surface area contributed by atoms with Crippen LogP contribution >= 0.6 is 0 Å². The number of piperidine rings is 1. The summed E-state index contributed by atoms with van der Waals surface area (Å²) in [6.45, 7) is 0.633. The van der Waals surface area contributed by atoms with E-state index in [2.05, 4.69) is 10.1 Å². The Morgan fingerprint density at radius 3 is 2.18 bits per heavy atom. The fourth-order valence-corrected chi connectivity index (χ4v) is 4.47. The second kappa shape index (κ2) is 9.36. The zero-order chi connectivity index (χ0) is 22.6. The van der Waals surface area contributed by atoms with E-state index in [1.165, 1.54) is 12.1 Å². The van der Waals surface area contributed by atoms with E-state index in [9.17, 15) is 9.18 Å². The highest BCUT2D eigenvalue weighted by molar-refractivity contribution is 5.87. The second-order valence-electron chi connectivity index (χ2n) is 8.26. The molecule has 0 saturated carbocycles. The van der Waals surface area contributed by atoms with Crippen LogP contribution in [0.3, 0.4) is 0 Å². The maximum atomic E-state index is 14.0. The molecule has 1 fully saturated rings. The summed E-state index contributed by atoms with van der Waals surface area (Å²) in [5.41, 5.74) is 2.58. The largest absolute Gasteiger partial charge is 0.337 e. The number of benzene rings is 3. The van der Waals surface area contributed by atoms with Gasteiger partial charge in [-0.15, -0.1) is 0 Å². The summed E-state index contributed by atoms with van der Waals surface area (Å²) < 4.78 is 18.9. The molecule has 166 valence electrons. The number of rotatable bonds is 5. The van der Waals surface area contributed by atoms with E-state index in [-0.39, 0.29) is 17.8 Å². The van der Waals surface area contributed by atoms with Gasteiger partial charge in [0.05, 0.1) is 5.92 Å². The number of hydrogen-bond acceptors (Lipinski definition) is 4. The number of likely N-dealkylation sites (tertiary alicyclic amines) is 1. The van der Waals surface area contributed by atoms with E-state index >= 15 is 0 Å². The van der Waals surface area contributed by atoms with Gasteiger partial charge in [0.1, 0.15) is 11.9 Å². The maximum absolute atomic E-state index is 14.0. The first-order valence-corrected chi connectivity index (χ1v) is 11.2. The van der Waals surface area contributed by atoms with Crippen LogP contribution in [0.15, 0.2) is 89.5 Å². The lowest BCUT2D eigenvalue weighted by Crippen LogP contribution is -2.41. The Kier molecular flexibility index (Phi) is 5.98. The van der Waals surface area contributed by atoms with E-state index in [0.717, 1.165) is 30.4 Å². The number of amides is 1. The zero-order valence-corrected chi connectivity index (χ0v) is 18.1. The molecule has 1 atom stereocenters. The molecule has 1 saturated heterocycles. The zero-order valence-electron chi connectivity index (χ0n) is 18.1. The van der Waals surface area contributed by atoms with Gasteiger partial charge in [-0.25, -0.2) is 4.39 Å². The van der Waals surface area contributed by atoms with Gasteiger partial charge in [-0.2, -0.15) is 4.98 Å². The number of aromatic nitrogens is 2. The molecule has 33 heavy (non-hydrogen) atoms. The first-order valence-electron chi connectivity index (χ1n) is 11.2. The Hall–Kier alpha value is -3.80. The van der Waals surface area contributed by atoms with Crippen LogP contribution in [0, 0.1) is 5.82 Å². The van der Waals surface area contributed by atoms with Crippen molar-refractivity contribution < 1.29 is 13.7 Å². The van der Waals surface area contributed by atoms with Crippen LogP contribution in [-0.4, -0.2) is 27.5 Å². The van der Waals surface area contributed by atoms with E-state index in [4.69, 9.17) is 4.52 Å². The highest BCUT2D eigenvalue weighted by Crippen LogP contribution is 2.36.